The third kappa shape index (κ3) is 4.11. The van der Waals surface area contributed by atoms with Gasteiger partial charge in [-0.05, 0) is 80.5 Å². The van der Waals surface area contributed by atoms with Gasteiger partial charge in [-0.15, -0.1) is 0 Å². The van der Waals surface area contributed by atoms with Crippen LogP contribution in [-0.4, -0.2) is 9.55 Å². The highest BCUT2D eigenvalue weighted by atomic mass is 15.0. The topological polar surface area (TPSA) is 22.2 Å². The highest BCUT2D eigenvalue weighted by Gasteiger charge is 2.19. The molecule has 0 aliphatic carbocycles. The van der Waals surface area contributed by atoms with E-state index in [4.69, 9.17) is 11.6 Å². The number of rotatable bonds is 3. The fraction of sp³-hybridized carbons (Fsp3) is 0. The van der Waals surface area contributed by atoms with Gasteiger partial charge in [-0.3, -0.25) is 0 Å². The highest BCUT2D eigenvalue weighted by molar-refractivity contribution is 6.33. The molecule has 0 unspecified atom stereocenters. The molecular formula is C46H27N3. The third-order valence-corrected chi connectivity index (χ3v) is 9.94. The smallest absolute Gasteiger partial charge is 0.188 e. The molecule has 8 aromatic carbocycles. The van der Waals surface area contributed by atoms with E-state index in [2.05, 4.69) is 155 Å². The SMILES string of the molecule is [C-]#[N+]c1ccc2c(c1)c1cc(-c3ccc4c(c3)nc(-c3ccccc3)c3c5ccccc5c5ccccc5c43)ccc1n2-c1ccccc1. The Balaban J connectivity index is 1.27. The number of para-hydroxylation sites is 1. The van der Waals surface area contributed by atoms with Crippen molar-refractivity contribution in [1.29, 1.82) is 0 Å². The molecule has 0 saturated heterocycles. The largest absolute Gasteiger partial charge is 0.309 e. The van der Waals surface area contributed by atoms with Crippen LogP contribution in [0.4, 0.5) is 5.69 Å². The molecule has 0 radical (unpaired) electrons. The van der Waals surface area contributed by atoms with E-state index in [1.807, 2.05) is 18.2 Å². The molecule has 10 aromatic rings. The highest BCUT2D eigenvalue weighted by Crippen LogP contribution is 2.44. The Bertz CT molecular complexity index is 2990. The first-order chi connectivity index (χ1) is 24.3. The summed E-state index contributed by atoms with van der Waals surface area (Å²) in [5, 5.41) is 10.7. The molecule has 2 heterocycles. The standard InChI is InChI=1S/C46H27N3/c1-47-32-22-25-43-40(28-32)39-26-30(21-24-42(39)49(43)33-14-6-3-7-15-33)31-20-23-38-41(27-31)48-46(29-12-4-2-5-13-29)45-37-19-11-9-17-35(37)34-16-8-10-18-36(34)44(38)45/h2-28H. The maximum Gasteiger partial charge on any atom is 0.188 e. The van der Waals surface area contributed by atoms with E-state index in [-0.39, 0.29) is 0 Å². The number of benzene rings is 8. The summed E-state index contributed by atoms with van der Waals surface area (Å²) >= 11 is 0. The van der Waals surface area contributed by atoms with Crippen LogP contribution >= 0.6 is 0 Å². The molecule has 226 valence electrons. The number of nitrogens with zero attached hydrogens (tertiary/aromatic N) is 3. The van der Waals surface area contributed by atoms with Crippen molar-refractivity contribution in [3.8, 4) is 28.1 Å². The molecule has 0 N–H and O–H groups in total. The second-order valence-corrected chi connectivity index (χ2v) is 12.6. The average molecular weight is 622 g/mol. The number of aromatic nitrogens is 2. The van der Waals surface area contributed by atoms with Crippen LogP contribution in [0, 0.1) is 6.57 Å². The third-order valence-electron chi connectivity index (χ3n) is 9.94. The molecule has 0 aliphatic rings. The van der Waals surface area contributed by atoms with Crippen LogP contribution < -0.4 is 0 Å². The van der Waals surface area contributed by atoms with Gasteiger partial charge >= 0.3 is 0 Å². The Labute approximate surface area is 282 Å². The normalized spacial score (nSPS) is 11.7. The quantitative estimate of drug-likeness (QED) is 0.142. The molecule has 0 fully saturated rings. The van der Waals surface area contributed by atoms with Crippen LogP contribution in [0.3, 0.4) is 0 Å². The lowest BCUT2D eigenvalue weighted by atomic mass is 9.89. The number of fused-ring (bicyclic) bond motifs is 11. The van der Waals surface area contributed by atoms with Gasteiger partial charge in [0.2, 0.25) is 0 Å². The Morgan fingerprint density at radius 2 is 1.00 bits per heavy atom. The summed E-state index contributed by atoms with van der Waals surface area (Å²) in [7, 11) is 0. The van der Waals surface area contributed by atoms with E-state index in [0.29, 0.717) is 5.69 Å². The Kier molecular flexibility index (Phi) is 5.94. The summed E-state index contributed by atoms with van der Waals surface area (Å²) in [6.45, 7) is 7.69. The number of hydrogen-bond acceptors (Lipinski definition) is 1. The van der Waals surface area contributed by atoms with Crippen molar-refractivity contribution >= 4 is 70.7 Å². The molecule has 49 heavy (non-hydrogen) atoms. The zero-order chi connectivity index (χ0) is 32.5. The molecule has 0 amide bonds. The maximum absolute atomic E-state index is 7.69. The van der Waals surface area contributed by atoms with E-state index in [1.54, 1.807) is 0 Å². The van der Waals surface area contributed by atoms with Crippen molar-refractivity contribution in [2.24, 2.45) is 0 Å². The van der Waals surface area contributed by atoms with Crippen LogP contribution in [0.15, 0.2) is 164 Å². The monoisotopic (exact) mass is 621 g/mol. The van der Waals surface area contributed by atoms with E-state index < -0.39 is 0 Å². The lowest BCUT2D eigenvalue weighted by Crippen LogP contribution is -1.94. The number of hydrogen-bond donors (Lipinski definition) is 0. The van der Waals surface area contributed by atoms with E-state index in [1.165, 1.54) is 32.3 Å². The number of pyridine rings is 1. The fourth-order valence-electron chi connectivity index (χ4n) is 7.78. The van der Waals surface area contributed by atoms with E-state index >= 15 is 0 Å². The predicted molar refractivity (Wildman–Crippen MR) is 206 cm³/mol. The molecule has 0 spiro atoms. The Morgan fingerprint density at radius 1 is 0.429 bits per heavy atom. The summed E-state index contributed by atoms with van der Waals surface area (Å²) < 4.78 is 2.29. The van der Waals surface area contributed by atoms with Gasteiger partial charge in [0.15, 0.2) is 5.69 Å². The zero-order valence-electron chi connectivity index (χ0n) is 26.4. The van der Waals surface area contributed by atoms with Crippen molar-refractivity contribution < 1.29 is 0 Å². The second-order valence-electron chi connectivity index (χ2n) is 12.6. The minimum absolute atomic E-state index is 0.639. The van der Waals surface area contributed by atoms with Crippen molar-refractivity contribution in [2.75, 3.05) is 0 Å². The summed E-state index contributed by atoms with van der Waals surface area (Å²) in [5.41, 5.74) is 9.22. The molecule has 0 bridgehead atoms. The maximum atomic E-state index is 7.69. The summed E-state index contributed by atoms with van der Waals surface area (Å²) in [6.07, 6.45) is 0. The minimum Gasteiger partial charge on any atom is -0.309 e. The van der Waals surface area contributed by atoms with Gasteiger partial charge in [0, 0.05) is 32.8 Å². The van der Waals surface area contributed by atoms with Crippen LogP contribution in [0.25, 0.3) is 97.9 Å². The van der Waals surface area contributed by atoms with Crippen LogP contribution in [-0.2, 0) is 0 Å². The van der Waals surface area contributed by atoms with Crippen molar-refractivity contribution in [1.82, 2.24) is 9.55 Å². The lowest BCUT2D eigenvalue weighted by Gasteiger charge is -2.17. The average Bonchev–Trinajstić information content (AvgIpc) is 3.50. The van der Waals surface area contributed by atoms with Crippen LogP contribution in [0.1, 0.15) is 0 Å². The molecular weight excluding hydrogens is 595 g/mol. The lowest BCUT2D eigenvalue weighted by molar-refractivity contribution is 1.18. The van der Waals surface area contributed by atoms with Gasteiger partial charge in [0.25, 0.3) is 0 Å². The van der Waals surface area contributed by atoms with Gasteiger partial charge in [-0.25, -0.2) is 9.83 Å². The first kappa shape index (κ1) is 27.4. The van der Waals surface area contributed by atoms with E-state index in [0.717, 1.165) is 60.8 Å². The summed E-state index contributed by atoms with van der Waals surface area (Å²) in [5.74, 6) is 0. The summed E-state index contributed by atoms with van der Waals surface area (Å²) in [4.78, 5) is 9.21. The summed E-state index contributed by atoms with van der Waals surface area (Å²) in [6, 6.07) is 57.9. The molecule has 10 rings (SSSR count). The van der Waals surface area contributed by atoms with Gasteiger partial charge in [-0.1, -0.05) is 121 Å². The predicted octanol–water partition coefficient (Wildman–Crippen LogP) is 12.7. The fourth-order valence-corrected chi connectivity index (χ4v) is 7.78. The van der Waals surface area contributed by atoms with Gasteiger partial charge in [-0.2, -0.15) is 0 Å². The molecule has 0 saturated carbocycles. The van der Waals surface area contributed by atoms with Crippen molar-refractivity contribution in [3.05, 3.63) is 175 Å². The minimum atomic E-state index is 0.639. The van der Waals surface area contributed by atoms with E-state index in [9.17, 15) is 0 Å². The van der Waals surface area contributed by atoms with Crippen LogP contribution in [0.2, 0.25) is 0 Å². The molecule has 2 aromatic heterocycles. The first-order valence-corrected chi connectivity index (χ1v) is 16.5. The zero-order valence-corrected chi connectivity index (χ0v) is 26.4. The van der Waals surface area contributed by atoms with Crippen molar-refractivity contribution in [2.45, 2.75) is 0 Å². The first-order valence-electron chi connectivity index (χ1n) is 16.5. The van der Waals surface area contributed by atoms with Gasteiger partial charge < -0.3 is 4.57 Å². The Morgan fingerprint density at radius 3 is 1.71 bits per heavy atom. The van der Waals surface area contributed by atoms with Crippen molar-refractivity contribution in [3.63, 3.8) is 0 Å². The van der Waals surface area contributed by atoms with Crippen LogP contribution in [0.5, 0.6) is 0 Å². The molecule has 0 aliphatic heterocycles. The molecule has 3 nitrogen and oxygen atoms in total. The molecule has 3 heteroatoms. The second kappa shape index (κ2) is 10.6. The Hall–Kier alpha value is -6.76. The molecule has 0 atom stereocenters. The van der Waals surface area contributed by atoms with Gasteiger partial charge in [0.1, 0.15) is 0 Å². The van der Waals surface area contributed by atoms with Gasteiger partial charge in [0.05, 0.1) is 28.8 Å².